The minimum Gasteiger partial charge on any atom is -0.368 e. The Balaban J connectivity index is 2.27. The van der Waals surface area contributed by atoms with Crippen molar-refractivity contribution in [3.63, 3.8) is 0 Å². The minimum absolute atomic E-state index is 0.0278. The molecule has 1 heterocycles. The Kier molecular flexibility index (Phi) is 0.982. The van der Waals surface area contributed by atoms with E-state index in [1.54, 1.807) is 0 Å². The molecule has 0 radical (unpaired) electrons. The number of amides is 1. The lowest BCUT2D eigenvalue weighted by Gasteiger charge is -2.23. The zero-order valence-corrected chi connectivity index (χ0v) is 3.98. The van der Waals surface area contributed by atoms with E-state index < -0.39 is 0 Å². The summed E-state index contributed by atoms with van der Waals surface area (Å²) < 4.78 is 0. The Hall–Kier alpha value is -0.570. The summed E-state index contributed by atoms with van der Waals surface area (Å²) in [5, 5.41) is 2.87. The summed E-state index contributed by atoms with van der Waals surface area (Å²) in [7, 11) is 0. The molecule has 7 heavy (non-hydrogen) atoms. The quantitative estimate of drug-likeness (QED) is 0.436. The van der Waals surface area contributed by atoms with Crippen molar-refractivity contribution in [2.75, 3.05) is 6.54 Å². The van der Waals surface area contributed by atoms with Gasteiger partial charge in [-0.2, -0.15) is 0 Å². The van der Waals surface area contributed by atoms with Crippen molar-refractivity contribution < 1.29 is 4.79 Å². The number of hydrogen-bond donors (Lipinski definition) is 2. The molecule has 1 atom stereocenters. The maximum atomic E-state index is 10.1. The van der Waals surface area contributed by atoms with Gasteiger partial charge in [-0.15, -0.1) is 0 Å². The molecule has 1 unspecified atom stereocenters. The van der Waals surface area contributed by atoms with Crippen LogP contribution in [0.15, 0.2) is 0 Å². The lowest BCUT2D eigenvalue weighted by Crippen LogP contribution is -2.51. The zero-order valence-electron chi connectivity index (χ0n) is 3.98. The summed E-state index contributed by atoms with van der Waals surface area (Å²) in [6.45, 7) is 0.938. The summed E-state index contributed by atoms with van der Waals surface area (Å²) in [6, 6.07) is -0.0278. The van der Waals surface area contributed by atoms with Gasteiger partial charge in [-0.3, -0.25) is 4.79 Å². The molecule has 0 aromatic carbocycles. The fourth-order valence-electron chi connectivity index (χ4n) is 0.532. The number of hydrogen-bond acceptors (Lipinski definition) is 2. The number of carbonyl (C=O) groups is 1. The highest BCUT2D eigenvalue weighted by Crippen LogP contribution is 1.98. The molecular formula is C4H8N2O. The molecule has 0 saturated carbocycles. The molecule has 0 bridgehead atoms. The highest BCUT2D eigenvalue weighted by molar-refractivity contribution is 5.80. The number of nitrogens with one attached hydrogen (secondary N) is 1. The van der Waals surface area contributed by atoms with E-state index in [2.05, 4.69) is 5.32 Å². The molecule has 0 aromatic heterocycles. The summed E-state index contributed by atoms with van der Waals surface area (Å²) in [6.07, 6.45) is 0.912. The first-order valence-corrected chi connectivity index (χ1v) is 2.33. The van der Waals surface area contributed by atoms with Crippen molar-refractivity contribution in [1.82, 2.24) is 5.32 Å². The third kappa shape index (κ3) is 0.718. The molecule has 0 aromatic rings. The van der Waals surface area contributed by atoms with Gasteiger partial charge in [0.15, 0.2) is 0 Å². The van der Waals surface area contributed by atoms with Crippen LogP contribution in [-0.2, 0) is 4.79 Å². The van der Waals surface area contributed by atoms with Crippen LogP contribution in [-0.4, -0.2) is 18.5 Å². The normalized spacial score (nSPS) is 28.9. The third-order valence-corrected chi connectivity index (χ3v) is 1.17. The van der Waals surface area contributed by atoms with E-state index in [4.69, 9.17) is 5.73 Å². The maximum absolute atomic E-state index is 10.1. The lowest BCUT2D eigenvalue weighted by atomic mass is 10.1. The Labute approximate surface area is 41.9 Å². The number of primary amides is 1. The van der Waals surface area contributed by atoms with Crippen LogP contribution in [0.2, 0.25) is 0 Å². The van der Waals surface area contributed by atoms with Gasteiger partial charge < -0.3 is 11.1 Å². The van der Waals surface area contributed by atoms with Crippen LogP contribution in [0.4, 0.5) is 0 Å². The molecular weight excluding hydrogens is 92.1 g/mol. The second kappa shape index (κ2) is 1.50. The van der Waals surface area contributed by atoms with E-state index in [1.807, 2.05) is 0 Å². The van der Waals surface area contributed by atoms with Crippen molar-refractivity contribution in [3.8, 4) is 0 Å². The Morgan fingerprint density at radius 3 is 2.43 bits per heavy atom. The number of nitrogens with two attached hydrogens (primary N) is 1. The Morgan fingerprint density at radius 2 is 2.43 bits per heavy atom. The zero-order chi connectivity index (χ0) is 5.28. The standard InChI is InChI=1S/C4H8N2O/c5-4(7)3-1-2-6-3/h3,6H,1-2H2,(H2,5,7). The van der Waals surface area contributed by atoms with Crippen LogP contribution in [0.1, 0.15) is 6.42 Å². The number of carbonyl (C=O) groups excluding carboxylic acids is 1. The Bertz CT molecular complexity index is 87.7. The van der Waals surface area contributed by atoms with Crippen molar-refractivity contribution in [2.24, 2.45) is 5.73 Å². The third-order valence-electron chi connectivity index (χ3n) is 1.17. The molecule has 3 heteroatoms. The van der Waals surface area contributed by atoms with E-state index >= 15 is 0 Å². The molecule has 0 spiro atoms. The summed E-state index contributed by atoms with van der Waals surface area (Å²) in [4.78, 5) is 10.1. The fourth-order valence-corrected chi connectivity index (χ4v) is 0.532. The first-order valence-electron chi connectivity index (χ1n) is 2.33. The summed E-state index contributed by atoms with van der Waals surface area (Å²) >= 11 is 0. The van der Waals surface area contributed by atoms with Crippen LogP contribution in [0.3, 0.4) is 0 Å². The summed E-state index contributed by atoms with van der Waals surface area (Å²) in [5.74, 6) is -0.230. The van der Waals surface area contributed by atoms with Crippen LogP contribution in [0.5, 0.6) is 0 Å². The molecule has 1 fully saturated rings. The molecule has 1 rings (SSSR count). The van der Waals surface area contributed by atoms with Crippen molar-refractivity contribution in [3.05, 3.63) is 0 Å². The highest BCUT2D eigenvalue weighted by atomic mass is 16.1. The minimum atomic E-state index is -0.230. The Morgan fingerprint density at radius 1 is 1.86 bits per heavy atom. The molecule has 3 N–H and O–H groups in total. The van der Waals surface area contributed by atoms with E-state index in [9.17, 15) is 4.79 Å². The fraction of sp³-hybridized carbons (Fsp3) is 0.750. The van der Waals surface area contributed by atoms with Gasteiger partial charge in [0, 0.05) is 0 Å². The molecule has 3 nitrogen and oxygen atoms in total. The predicted octanol–water partition coefficient (Wildman–Crippen LogP) is -1.17. The maximum Gasteiger partial charge on any atom is 0.234 e. The van der Waals surface area contributed by atoms with Crippen molar-refractivity contribution >= 4 is 5.91 Å². The highest BCUT2D eigenvalue weighted by Gasteiger charge is 2.20. The lowest BCUT2D eigenvalue weighted by molar-refractivity contribution is -0.121. The molecule has 1 amide bonds. The molecule has 1 aliphatic heterocycles. The van der Waals surface area contributed by atoms with Crippen molar-refractivity contribution in [1.29, 1.82) is 0 Å². The van der Waals surface area contributed by atoms with Gasteiger partial charge in [0.25, 0.3) is 0 Å². The van der Waals surface area contributed by atoms with E-state index in [0.29, 0.717) is 0 Å². The van der Waals surface area contributed by atoms with Gasteiger partial charge in [0.05, 0.1) is 6.04 Å². The van der Waals surface area contributed by atoms with Gasteiger partial charge >= 0.3 is 0 Å². The predicted molar refractivity (Wildman–Crippen MR) is 25.6 cm³/mol. The van der Waals surface area contributed by atoms with Crippen LogP contribution >= 0.6 is 0 Å². The number of rotatable bonds is 1. The topological polar surface area (TPSA) is 55.1 Å². The van der Waals surface area contributed by atoms with Gasteiger partial charge in [-0.25, -0.2) is 0 Å². The van der Waals surface area contributed by atoms with Gasteiger partial charge in [0.2, 0.25) is 5.91 Å². The van der Waals surface area contributed by atoms with Gasteiger partial charge in [-0.1, -0.05) is 0 Å². The molecule has 1 saturated heterocycles. The second-order valence-corrected chi connectivity index (χ2v) is 1.70. The first kappa shape index (κ1) is 4.59. The average molecular weight is 100 g/mol. The van der Waals surface area contributed by atoms with E-state index in [-0.39, 0.29) is 11.9 Å². The van der Waals surface area contributed by atoms with E-state index in [0.717, 1.165) is 13.0 Å². The SMILES string of the molecule is NC(=O)C1CCN1. The first-order chi connectivity index (χ1) is 3.30. The monoisotopic (exact) mass is 100 g/mol. The van der Waals surface area contributed by atoms with Crippen LogP contribution in [0, 0.1) is 0 Å². The largest absolute Gasteiger partial charge is 0.368 e. The van der Waals surface area contributed by atoms with Gasteiger partial charge in [-0.05, 0) is 13.0 Å². The smallest absolute Gasteiger partial charge is 0.234 e. The van der Waals surface area contributed by atoms with Crippen LogP contribution < -0.4 is 11.1 Å². The molecule has 1 aliphatic rings. The van der Waals surface area contributed by atoms with Gasteiger partial charge in [0.1, 0.15) is 0 Å². The van der Waals surface area contributed by atoms with Crippen molar-refractivity contribution in [2.45, 2.75) is 12.5 Å². The average Bonchev–Trinajstić information content (AvgIpc) is 1.23. The molecule has 0 aliphatic carbocycles. The summed E-state index contributed by atoms with van der Waals surface area (Å²) in [5.41, 5.74) is 4.90. The van der Waals surface area contributed by atoms with E-state index in [1.165, 1.54) is 0 Å². The van der Waals surface area contributed by atoms with Crippen LogP contribution in [0.25, 0.3) is 0 Å². The second-order valence-electron chi connectivity index (χ2n) is 1.70. The molecule has 40 valence electrons.